The number of fused-ring (bicyclic) bond motifs is 15. The fraction of sp³-hybridized carbons (Fsp3) is 0. The molecule has 0 N–H and O–H groups in total. The molecule has 10 aromatic carbocycles. The van der Waals surface area contributed by atoms with E-state index in [1.54, 1.807) is 0 Å². The van der Waals surface area contributed by atoms with Gasteiger partial charge < -0.3 is 0 Å². The number of hydrogen-bond acceptors (Lipinski definition) is 6. The van der Waals surface area contributed by atoms with E-state index in [4.69, 9.17) is 29.9 Å². The van der Waals surface area contributed by atoms with Gasteiger partial charge in [-0.2, -0.15) is 15.0 Å². The molecule has 0 aliphatic carbocycles. The standard InChI is InChI=1S/C66H42N12S/c1-3-23-45(24-4-1)79(46-25-5-2-6-26-46,48-28-20-22-44(42-48)73-55-35-13-14-36-56(55)74-52-32-10-7-29-49(52)67-64(73)74)47-27-19-21-43(41-47)61-70-62(77-59-39-17-15-37-57(59)75-53-33-11-8-30-50(53)68-65(75)77)72-63(71-61)78-60-40-18-16-38-58(60)76-54-34-12-9-31-51(54)69-66(76)78/h1-42H. The third-order valence-electron chi connectivity index (χ3n) is 15.4. The van der Waals surface area contributed by atoms with Crippen LogP contribution in [0.1, 0.15) is 0 Å². The van der Waals surface area contributed by atoms with Crippen molar-refractivity contribution in [2.75, 3.05) is 0 Å². The monoisotopic (exact) mass is 1030 g/mol. The van der Waals surface area contributed by atoms with E-state index in [0.717, 1.165) is 93.0 Å². The first-order valence-electron chi connectivity index (χ1n) is 26.2. The minimum absolute atomic E-state index is 0.424. The SMILES string of the molecule is c1ccc(S(c2ccccc2)(c2cccc(-c3nc(-n4c5ccccc5n5c6ccccc6nc45)nc(-n4c5ccccc5n5c6ccccc6nc45)n3)c2)c2cccc(-n3c4ccccc4n4c5ccccc5nc34)c2)cc1. The molecule has 17 rings (SSSR count). The number of rotatable bonds is 8. The van der Waals surface area contributed by atoms with Crippen LogP contribution in [0.2, 0.25) is 0 Å². The first-order valence-corrected chi connectivity index (χ1v) is 27.8. The average molecular weight is 1040 g/mol. The van der Waals surface area contributed by atoms with E-state index in [-0.39, 0.29) is 0 Å². The molecule has 0 unspecified atom stereocenters. The highest BCUT2D eigenvalue weighted by molar-refractivity contribution is 8.34. The van der Waals surface area contributed by atoms with Crippen molar-refractivity contribution in [3.05, 3.63) is 255 Å². The van der Waals surface area contributed by atoms with Crippen molar-refractivity contribution >= 4 is 93.6 Å². The molecule has 0 atom stereocenters. The Kier molecular flexibility index (Phi) is 9.21. The minimum atomic E-state index is -2.29. The zero-order chi connectivity index (χ0) is 51.8. The van der Waals surface area contributed by atoms with Crippen LogP contribution < -0.4 is 0 Å². The first-order chi connectivity index (χ1) is 39.2. The van der Waals surface area contributed by atoms with E-state index in [9.17, 15) is 0 Å². The lowest BCUT2D eigenvalue weighted by Gasteiger charge is -2.42. The maximum atomic E-state index is 5.54. The summed E-state index contributed by atoms with van der Waals surface area (Å²) in [7, 11) is -2.29. The van der Waals surface area contributed by atoms with Gasteiger partial charge >= 0.3 is 0 Å². The third-order valence-corrected chi connectivity index (χ3v) is 19.3. The van der Waals surface area contributed by atoms with Crippen LogP contribution in [-0.2, 0) is 0 Å². The van der Waals surface area contributed by atoms with Gasteiger partial charge in [-0.3, -0.25) is 17.8 Å². The fourth-order valence-corrected chi connectivity index (χ4v) is 16.0. The highest BCUT2D eigenvalue weighted by atomic mass is 32.3. The topological polar surface area (TPSA) is 105 Å². The smallest absolute Gasteiger partial charge is 0.242 e. The predicted octanol–water partition coefficient (Wildman–Crippen LogP) is 15.1. The van der Waals surface area contributed by atoms with Gasteiger partial charge in [0.2, 0.25) is 29.2 Å². The Bertz CT molecular complexity index is 5090. The van der Waals surface area contributed by atoms with Crippen LogP contribution in [0.5, 0.6) is 0 Å². The largest absolute Gasteiger partial charge is 0.278 e. The first kappa shape index (κ1) is 43.6. The average Bonchev–Trinajstić information content (AvgIpc) is 4.41. The molecule has 372 valence electrons. The van der Waals surface area contributed by atoms with E-state index < -0.39 is 10.0 Å². The van der Waals surface area contributed by atoms with Crippen LogP contribution in [-0.4, -0.2) is 56.8 Å². The molecule has 0 bridgehead atoms. The van der Waals surface area contributed by atoms with Crippen LogP contribution >= 0.6 is 10.0 Å². The quantitative estimate of drug-likeness (QED) is 0.150. The molecule has 17 aromatic rings. The Hall–Kier alpha value is -10.6. The van der Waals surface area contributed by atoms with E-state index in [1.165, 1.54) is 9.79 Å². The number of nitrogens with zero attached hydrogens (tertiary/aromatic N) is 12. The molecule has 0 amide bonds. The van der Waals surface area contributed by atoms with Crippen molar-refractivity contribution in [3.63, 3.8) is 0 Å². The lowest BCUT2D eigenvalue weighted by atomic mass is 10.2. The third kappa shape index (κ3) is 6.21. The van der Waals surface area contributed by atoms with Crippen molar-refractivity contribution in [2.24, 2.45) is 0 Å². The van der Waals surface area contributed by atoms with Crippen LogP contribution in [0.3, 0.4) is 0 Å². The van der Waals surface area contributed by atoms with Gasteiger partial charge in [-0.15, -0.1) is 10.0 Å². The van der Waals surface area contributed by atoms with E-state index in [1.807, 2.05) is 24.3 Å². The fourth-order valence-electron chi connectivity index (χ4n) is 12.1. The highest BCUT2D eigenvalue weighted by Crippen LogP contribution is 2.73. The molecule has 7 aromatic heterocycles. The molecule has 0 radical (unpaired) electrons. The van der Waals surface area contributed by atoms with Gasteiger partial charge in [0.1, 0.15) is 0 Å². The molecular formula is C66H42N12S. The number of hydrogen-bond donors (Lipinski definition) is 0. The van der Waals surface area contributed by atoms with Crippen molar-refractivity contribution < 1.29 is 0 Å². The van der Waals surface area contributed by atoms with Crippen LogP contribution in [0.4, 0.5) is 0 Å². The highest BCUT2D eigenvalue weighted by Gasteiger charge is 2.35. The second kappa shape index (κ2) is 16.7. The summed E-state index contributed by atoms with van der Waals surface area (Å²) in [4.78, 5) is 37.0. The van der Waals surface area contributed by atoms with Crippen LogP contribution in [0.25, 0.3) is 113 Å². The Labute approximate surface area is 451 Å². The summed E-state index contributed by atoms with van der Waals surface area (Å²) >= 11 is 0. The zero-order valence-electron chi connectivity index (χ0n) is 42.0. The van der Waals surface area contributed by atoms with Gasteiger partial charge in [-0.05, 0) is 127 Å². The molecule has 0 spiro atoms. The molecule has 0 saturated heterocycles. The van der Waals surface area contributed by atoms with Crippen molar-refractivity contribution in [3.8, 4) is 29.0 Å². The molecule has 13 heteroatoms. The summed E-state index contributed by atoms with van der Waals surface area (Å²) in [6.45, 7) is 0. The number of imidazole rings is 6. The molecule has 12 nitrogen and oxygen atoms in total. The molecule has 0 saturated carbocycles. The van der Waals surface area contributed by atoms with Gasteiger partial charge in [0, 0.05) is 25.1 Å². The summed E-state index contributed by atoms with van der Waals surface area (Å²) in [6.07, 6.45) is 0. The maximum Gasteiger partial charge on any atom is 0.242 e. The van der Waals surface area contributed by atoms with Gasteiger partial charge in [0.05, 0.1) is 71.9 Å². The molecular weight excluding hydrogens is 993 g/mol. The van der Waals surface area contributed by atoms with Gasteiger partial charge in [-0.1, -0.05) is 127 Å². The Balaban J connectivity index is 0.943. The van der Waals surface area contributed by atoms with Gasteiger partial charge in [-0.25, -0.2) is 24.1 Å². The van der Waals surface area contributed by atoms with Crippen LogP contribution in [0, 0.1) is 0 Å². The molecule has 0 fully saturated rings. The summed E-state index contributed by atoms with van der Waals surface area (Å²) in [5.41, 5.74) is 13.6. The second-order valence-corrected chi connectivity index (χ2v) is 22.8. The van der Waals surface area contributed by atoms with Gasteiger partial charge in [0.15, 0.2) is 5.82 Å². The summed E-state index contributed by atoms with van der Waals surface area (Å²) in [5, 5.41) is 0. The summed E-state index contributed by atoms with van der Waals surface area (Å²) in [5.74, 6) is 3.59. The lowest BCUT2D eigenvalue weighted by molar-refractivity contribution is 0.877. The van der Waals surface area contributed by atoms with E-state index in [0.29, 0.717) is 29.3 Å². The zero-order valence-corrected chi connectivity index (χ0v) is 42.8. The molecule has 7 heterocycles. The number of para-hydroxylation sites is 12. The molecule has 79 heavy (non-hydrogen) atoms. The van der Waals surface area contributed by atoms with E-state index >= 15 is 0 Å². The normalized spacial score (nSPS) is 12.5. The lowest BCUT2D eigenvalue weighted by Crippen LogP contribution is -2.11. The van der Waals surface area contributed by atoms with Gasteiger partial charge in [0.25, 0.3) is 0 Å². The predicted molar refractivity (Wildman–Crippen MR) is 315 cm³/mol. The van der Waals surface area contributed by atoms with E-state index in [2.05, 4.69) is 257 Å². The Morgan fingerprint density at radius 3 is 1.08 bits per heavy atom. The Morgan fingerprint density at radius 2 is 0.608 bits per heavy atom. The number of aromatic nitrogens is 12. The van der Waals surface area contributed by atoms with Crippen molar-refractivity contribution in [1.29, 1.82) is 0 Å². The summed E-state index contributed by atoms with van der Waals surface area (Å²) < 4.78 is 13.1. The van der Waals surface area contributed by atoms with Crippen molar-refractivity contribution in [1.82, 2.24) is 56.8 Å². The maximum absolute atomic E-state index is 5.54. The van der Waals surface area contributed by atoms with Crippen molar-refractivity contribution in [2.45, 2.75) is 19.6 Å². The van der Waals surface area contributed by atoms with Crippen LogP contribution in [0.15, 0.2) is 274 Å². The molecule has 0 aliphatic rings. The minimum Gasteiger partial charge on any atom is -0.278 e. The molecule has 0 aliphatic heterocycles. The second-order valence-electron chi connectivity index (χ2n) is 19.7. The number of benzene rings is 10. The Morgan fingerprint density at radius 1 is 0.253 bits per heavy atom. The summed E-state index contributed by atoms with van der Waals surface area (Å²) in [6, 6.07) is 89.9.